The first-order chi connectivity index (χ1) is 9.63. The van der Waals surface area contributed by atoms with E-state index in [2.05, 4.69) is 5.32 Å². The van der Waals surface area contributed by atoms with E-state index in [0.717, 1.165) is 18.2 Å². The minimum absolute atomic E-state index is 0.00133. The molecule has 1 aliphatic heterocycles. The van der Waals surface area contributed by atoms with Gasteiger partial charge in [0.25, 0.3) is 0 Å². The summed E-state index contributed by atoms with van der Waals surface area (Å²) in [7, 11) is 0. The van der Waals surface area contributed by atoms with Gasteiger partial charge in [-0.25, -0.2) is 8.78 Å². The van der Waals surface area contributed by atoms with E-state index in [-0.39, 0.29) is 24.8 Å². The Kier molecular flexibility index (Phi) is 3.06. The lowest BCUT2D eigenvalue weighted by Gasteiger charge is -2.10. The largest absolute Gasteiger partial charge is 0.507 e. The molecule has 0 aromatic heterocycles. The fourth-order valence-corrected chi connectivity index (χ4v) is 1.94. The first kappa shape index (κ1) is 12.5. The normalized spacial score (nSPS) is 12.5. The van der Waals surface area contributed by atoms with Crippen LogP contribution in [-0.2, 0) is 6.54 Å². The van der Waals surface area contributed by atoms with E-state index in [1.165, 1.54) is 6.07 Å². The number of halogens is 2. The zero-order valence-electron chi connectivity index (χ0n) is 10.3. The van der Waals surface area contributed by atoms with E-state index >= 15 is 0 Å². The van der Waals surface area contributed by atoms with E-state index in [0.29, 0.717) is 17.1 Å². The number of hydrogen-bond acceptors (Lipinski definition) is 4. The number of ether oxygens (including phenoxy) is 2. The van der Waals surface area contributed by atoms with Gasteiger partial charge in [0.2, 0.25) is 6.79 Å². The first-order valence-corrected chi connectivity index (χ1v) is 5.94. The number of aromatic hydroxyl groups is 1. The van der Waals surface area contributed by atoms with Gasteiger partial charge in [0.1, 0.15) is 17.4 Å². The summed E-state index contributed by atoms with van der Waals surface area (Å²) in [4.78, 5) is 0. The molecular formula is C14H11F2NO3. The highest BCUT2D eigenvalue weighted by Crippen LogP contribution is 2.37. The third-order valence-electron chi connectivity index (χ3n) is 2.97. The Morgan fingerprint density at radius 2 is 1.85 bits per heavy atom. The van der Waals surface area contributed by atoms with E-state index in [9.17, 15) is 13.9 Å². The van der Waals surface area contributed by atoms with Gasteiger partial charge in [0.05, 0.1) is 5.69 Å². The van der Waals surface area contributed by atoms with Gasteiger partial charge < -0.3 is 19.9 Å². The average Bonchev–Trinajstić information content (AvgIpc) is 2.86. The number of rotatable bonds is 3. The molecule has 0 fully saturated rings. The van der Waals surface area contributed by atoms with Crippen molar-refractivity contribution >= 4 is 5.69 Å². The molecule has 0 unspecified atom stereocenters. The number of phenols is 1. The van der Waals surface area contributed by atoms with Crippen molar-refractivity contribution in [2.24, 2.45) is 0 Å². The van der Waals surface area contributed by atoms with Crippen LogP contribution in [-0.4, -0.2) is 11.9 Å². The van der Waals surface area contributed by atoms with Crippen molar-refractivity contribution in [3.05, 3.63) is 47.5 Å². The highest BCUT2D eigenvalue weighted by atomic mass is 19.1. The third kappa shape index (κ3) is 2.32. The van der Waals surface area contributed by atoms with Crippen LogP contribution in [0.4, 0.5) is 14.5 Å². The number of benzene rings is 2. The minimum Gasteiger partial charge on any atom is -0.507 e. The second-order valence-electron chi connectivity index (χ2n) is 4.31. The van der Waals surface area contributed by atoms with Crippen LogP contribution in [0.25, 0.3) is 0 Å². The van der Waals surface area contributed by atoms with Crippen LogP contribution in [0, 0.1) is 11.6 Å². The van der Waals surface area contributed by atoms with Crippen molar-refractivity contribution < 1.29 is 23.4 Å². The Bertz CT molecular complexity index is 661. The SMILES string of the molecule is Oc1cc2c(cc1CNc1cc(F)ccc1F)OCO2. The molecule has 4 nitrogen and oxygen atoms in total. The lowest BCUT2D eigenvalue weighted by molar-refractivity contribution is 0.174. The molecule has 3 rings (SSSR count). The zero-order chi connectivity index (χ0) is 14.1. The van der Waals surface area contributed by atoms with Crippen LogP contribution in [0.5, 0.6) is 17.2 Å². The molecule has 2 aromatic carbocycles. The minimum atomic E-state index is -0.563. The van der Waals surface area contributed by atoms with Crippen LogP contribution in [0.2, 0.25) is 0 Å². The molecule has 0 radical (unpaired) electrons. The van der Waals surface area contributed by atoms with E-state index in [4.69, 9.17) is 9.47 Å². The van der Waals surface area contributed by atoms with Gasteiger partial charge in [-0.2, -0.15) is 0 Å². The van der Waals surface area contributed by atoms with Gasteiger partial charge in [-0.15, -0.1) is 0 Å². The monoisotopic (exact) mass is 279 g/mol. The summed E-state index contributed by atoms with van der Waals surface area (Å²) in [5.41, 5.74) is 0.528. The van der Waals surface area contributed by atoms with Crippen LogP contribution >= 0.6 is 0 Å². The molecule has 0 saturated heterocycles. The summed E-state index contributed by atoms with van der Waals surface area (Å²) < 4.78 is 36.8. The molecule has 1 heterocycles. The van der Waals surface area contributed by atoms with Gasteiger partial charge in [-0.3, -0.25) is 0 Å². The standard InChI is InChI=1S/C14H11F2NO3/c15-9-1-2-10(16)11(4-9)17-6-8-3-13-14(5-12(8)18)20-7-19-13/h1-5,17-18H,6-7H2. The molecule has 6 heteroatoms. The highest BCUT2D eigenvalue weighted by molar-refractivity contribution is 5.53. The van der Waals surface area contributed by atoms with Crippen molar-refractivity contribution in [1.82, 2.24) is 0 Å². The van der Waals surface area contributed by atoms with Crippen molar-refractivity contribution in [2.75, 3.05) is 12.1 Å². The topological polar surface area (TPSA) is 50.7 Å². The lowest BCUT2D eigenvalue weighted by Crippen LogP contribution is -2.02. The van der Waals surface area contributed by atoms with E-state index in [1.54, 1.807) is 6.07 Å². The van der Waals surface area contributed by atoms with Gasteiger partial charge in [0, 0.05) is 18.2 Å². The Hall–Kier alpha value is -2.50. The number of nitrogens with one attached hydrogen (secondary N) is 1. The molecule has 0 atom stereocenters. The van der Waals surface area contributed by atoms with Crippen molar-refractivity contribution in [2.45, 2.75) is 6.54 Å². The second-order valence-corrected chi connectivity index (χ2v) is 4.31. The van der Waals surface area contributed by atoms with Crippen LogP contribution < -0.4 is 14.8 Å². The van der Waals surface area contributed by atoms with Gasteiger partial charge >= 0.3 is 0 Å². The van der Waals surface area contributed by atoms with Gasteiger partial charge in [-0.1, -0.05) is 0 Å². The van der Waals surface area contributed by atoms with Crippen molar-refractivity contribution in [3.8, 4) is 17.2 Å². The van der Waals surface area contributed by atoms with Gasteiger partial charge in [0.15, 0.2) is 11.5 Å². The van der Waals surface area contributed by atoms with E-state index < -0.39 is 11.6 Å². The zero-order valence-corrected chi connectivity index (χ0v) is 10.3. The fourth-order valence-electron chi connectivity index (χ4n) is 1.94. The Morgan fingerprint density at radius 3 is 2.65 bits per heavy atom. The summed E-state index contributed by atoms with van der Waals surface area (Å²) >= 11 is 0. The fraction of sp³-hybridized carbons (Fsp3) is 0.143. The number of anilines is 1. The number of fused-ring (bicyclic) bond motifs is 1. The Labute approximate surface area is 113 Å². The van der Waals surface area contributed by atoms with E-state index in [1.807, 2.05) is 0 Å². The molecule has 1 aliphatic rings. The summed E-state index contributed by atoms with van der Waals surface area (Å²) in [6.07, 6.45) is 0. The number of hydrogen-bond donors (Lipinski definition) is 2. The molecule has 2 aromatic rings. The lowest BCUT2D eigenvalue weighted by atomic mass is 10.1. The van der Waals surface area contributed by atoms with Crippen molar-refractivity contribution in [1.29, 1.82) is 0 Å². The van der Waals surface area contributed by atoms with Crippen LogP contribution in [0.15, 0.2) is 30.3 Å². The summed E-state index contributed by atoms with van der Waals surface area (Å²) in [5.74, 6) is -0.128. The molecule has 0 spiro atoms. The quantitative estimate of drug-likeness (QED) is 0.906. The molecular weight excluding hydrogens is 268 g/mol. The molecule has 0 amide bonds. The predicted octanol–water partition coefficient (Wildman–Crippen LogP) is 3.01. The predicted molar refractivity (Wildman–Crippen MR) is 67.9 cm³/mol. The smallest absolute Gasteiger partial charge is 0.231 e. The molecule has 0 aliphatic carbocycles. The molecule has 0 saturated carbocycles. The van der Waals surface area contributed by atoms with Crippen LogP contribution in [0.1, 0.15) is 5.56 Å². The molecule has 104 valence electrons. The molecule has 2 N–H and O–H groups in total. The van der Waals surface area contributed by atoms with Gasteiger partial charge in [-0.05, 0) is 24.3 Å². The maximum Gasteiger partial charge on any atom is 0.231 e. The Balaban J connectivity index is 1.80. The first-order valence-electron chi connectivity index (χ1n) is 5.94. The maximum absolute atomic E-state index is 13.5. The Morgan fingerprint density at radius 1 is 1.10 bits per heavy atom. The molecule has 0 bridgehead atoms. The van der Waals surface area contributed by atoms with Crippen LogP contribution in [0.3, 0.4) is 0 Å². The molecule has 20 heavy (non-hydrogen) atoms. The average molecular weight is 279 g/mol. The third-order valence-corrected chi connectivity index (χ3v) is 2.97. The number of phenolic OH excluding ortho intramolecular Hbond substituents is 1. The maximum atomic E-state index is 13.5. The van der Waals surface area contributed by atoms with Crippen molar-refractivity contribution in [3.63, 3.8) is 0 Å². The highest BCUT2D eigenvalue weighted by Gasteiger charge is 2.17. The summed E-state index contributed by atoms with van der Waals surface area (Å²) in [5, 5.41) is 12.6. The second kappa shape index (κ2) is 4.88. The summed E-state index contributed by atoms with van der Waals surface area (Å²) in [6.45, 7) is 0.229. The summed E-state index contributed by atoms with van der Waals surface area (Å²) in [6, 6.07) is 6.16.